The Hall–Kier alpha value is -1.92. The first kappa shape index (κ1) is 16.5. The molecule has 0 spiro atoms. The van der Waals surface area contributed by atoms with Gasteiger partial charge >= 0.3 is 0 Å². The molecule has 1 saturated carbocycles. The van der Waals surface area contributed by atoms with Crippen LogP contribution in [0.15, 0.2) is 24.3 Å². The first-order valence-corrected chi connectivity index (χ1v) is 7.54. The number of carbonyl (C=O) groups excluding carboxylic acids is 2. The summed E-state index contributed by atoms with van der Waals surface area (Å²) in [4.78, 5) is 24.2. The third-order valence-electron chi connectivity index (χ3n) is 4.34. The molecule has 0 radical (unpaired) electrons. The third kappa shape index (κ3) is 3.84. The maximum atomic E-state index is 12.3. The summed E-state index contributed by atoms with van der Waals surface area (Å²) in [6.45, 7) is 1.96. The minimum absolute atomic E-state index is 0.197. The zero-order chi connectivity index (χ0) is 16.1. The van der Waals surface area contributed by atoms with Crippen molar-refractivity contribution in [1.82, 2.24) is 16.1 Å². The Bertz CT molecular complexity index is 530. The molecule has 1 fully saturated rings. The van der Waals surface area contributed by atoms with E-state index >= 15 is 0 Å². The van der Waals surface area contributed by atoms with Crippen molar-refractivity contribution in [1.29, 1.82) is 0 Å². The number of amides is 2. The average Bonchev–Trinajstić information content (AvgIpc) is 2.54. The maximum absolute atomic E-state index is 12.3. The lowest BCUT2D eigenvalue weighted by Crippen LogP contribution is -2.52. The highest BCUT2D eigenvalue weighted by Gasteiger charge is 2.35. The molecule has 120 valence electrons. The minimum atomic E-state index is -0.441. The van der Waals surface area contributed by atoms with Gasteiger partial charge in [0.25, 0.3) is 5.91 Å². The van der Waals surface area contributed by atoms with Crippen molar-refractivity contribution in [2.75, 3.05) is 7.05 Å². The molecule has 4 N–H and O–H groups in total. The standard InChI is InChI=1S/C16H23N3O3/c1-10-3-5-11(6-4-10)15(20)18-14-9-12(17-2)7-8-13(14)16(21)19-22/h3-6,12-14,17,22H,7-9H2,1-2H3,(H,18,20)(H,19,21)/t12?,13-,14?/m0/s1. The van der Waals surface area contributed by atoms with E-state index in [0.717, 1.165) is 12.0 Å². The van der Waals surface area contributed by atoms with Crippen molar-refractivity contribution in [3.8, 4) is 0 Å². The first-order chi connectivity index (χ1) is 10.5. The average molecular weight is 305 g/mol. The third-order valence-corrected chi connectivity index (χ3v) is 4.34. The van der Waals surface area contributed by atoms with E-state index in [0.29, 0.717) is 18.4 Å². The molecule has 2 rings (SSSR count). The lowest BCUT2D eigenvalue weighted by molar-refractivity contribution is -0.135. The highest BCUT2D eigenvalue weighted by molar-refractivity contribution is 5.94. The van der Waals surface area contributed by atoms with Gasteiger partial charge in [0.1, 0.15) is 0 Å². The van der Waals surface area contributed by atoms with E-state index in [1.807, 2.05) is 26.1 Å². The van der Waals surface area contributed by atoms with Crippen LogP contribution >= 0.6 is 0 Å². The quantitative estimate of drug-likeness (QED) is 0.493. The molecule has 1 aromatic rings. The van der Waals surface area contributed by atoms with Gasteiger partial charge in [-0.05, 0) is 45.4 Å². The summed E-state index contributed by atoms with van der Waals surface area (Å²) in [6, 6.07) is 7.25. The Kier molecular flexibility index (Phi) is 5.51. The predicted molar refractivity (Wildman–Crippen MR) is 82.6 cm³/mol. The van der Waals surface area contributed by atoms with Crippen LogP contribution in [-0.4, -0.2) is 36.2 Å². The van der Waals surface area contributed by atoms with Crippen LogP contribution in [0.25, 0.3) is 0 Å². The van der Waals surface area contributed by atoms with Gasteiger partial charge in [-0.1, -0.05) is 17.7 Å². The van der Waals surface area contributed by atoms with Gasteiger partial charge in [-0.3, -0.25) is 14.8 Å². The molecular formula is C16H23N3O3. The van der Waals surface area contributed by atoms with E-state index in [-0.39, 0.29) is 18.0 Å². The first-order valence-electron chi connectivity index (χ1n) is 7.54. The Morgan fingerprint density at radius 1 is 1.18 bits per heavy atom. The summed E-state index contributed by atoms with van der Waals surface area (Å²) in [5.41, 5.74) is 3.36. The molecule has 2 amide bonds. The molecule has 3 atom stereocenters. The molecular weight excluding hydrogens is 282 g/mol. The van der Waals surface area contributed by atoms with Gasteiger partial charge in [0.15, 0.2) is 0 Å². The van der Waals surface area contributed by atoms with Gasteiger partial charge in [-0.2, -0.15) is 0 Å². The molecule has 1 aromatic carbocycles. The lowest BCUT2D eigenvalue weighted by Gasteiger charge is -2.35. The molecule has 0 heterocycles. The number of aryl methyl sites for hydroxylation is 1. The zero-order valence-corrected chi connectivity index (χ0v) is 12.9. The molecule has 0 bridgehead atoms. The fourth-order valence-electron chi connectivity index (χ4n) is 2.95. The van der Waals surface area contributed by atoms with Gasteiger partial charge in [0.05, 0.1) is 5.92 Å². The molecule has 0 aromatic heterocycles. The van der Waals surface area contributed by atoms with Crippen LogP contribution in [0.1, 0.15) is 35.2 Å². The Morgan fingerprint density at radius 2 is 1.86 bits per heavy atom. The van der Waals surface area contributed by atoms with Crippen molar-refractivity contribution in [3.63, 3.8) is 0 Å². The van der Waals surface area contributed by atoms with Crippen LogP contribution in [0.3, 0.4) is 0 Å². The maximum Gasteiger partial charge on any atom is 0.251 e. The van der Waals surface area contributed by atoms with Gasteiger partial charge in [-0.25, -0.2) is 5.48 Å². The largest absolute Gasteiger partial charge is 0.348 e. The molecule has 2 unspecified atom stereocenters. The zero-order valence-electron chi connectivity index (χ0n) is 12.9. The Labute approximate surface area is 130 Å². The van der Waals surface area contributed by atoms with Crippen LogP contribution in [0, 0.1) is 12.8 Å². The van der Waals surface area contributed by atoms with Crippen molar-refractivity contribution in [2.45, 2.75) is 38.3 Å². The molecule has 1 aliphatic rings. The summed E-state index contributed by atoms with van der Waals surface area (Å²) in [5, 5.41) is 15.0. The van der Waals surface area contributed by atoms with Gasteiger partial charge in [0, 0.05) is 17.6 Å². The van der Waals surface area contributed by atoms with Gasteiger partial charge < -0.3 is 10.6 Å². The molecule has 22 heavy (non-hydrogen) atoms. The van der Waals surface area contributed by atoms with Crippen LogP contribution in [0.5, 0.6) is 0 Å². The van der Waals surface area contributed by atoms with Crippen molar-refractivity contribution in [2.24, 2.45) is 5.92 Å². The number of hydroxylamine groups is 1. The SMILES string of the molecule is CNC1CC[C@H](C(=O)NO)C(NC(=O)c2ccc(C)cc2)C1. The van der Waals surface area contributed by atoms with Crippen LogP contribution in [0.4, 0.5) is 0 Å². The molecule has 0 aliphatic heterocycles. The molecule has 6 heteroatoms. The van der Waals surface area contributed by atoms with Crippen molar-refractivity contribution in [3.05, 3.63) is 35.4 Å². The molecule has 1 aliphatic carbocycles. The number of hydrogen-bond donors (Lipinski definition) is 4. The monoisotopic (exact) mass is 305 g/mol. The Balaban J connectivity index is 2.09. The second-order valence-corrected chi connectivity index (χ2v) is 5.83. The summed E-state index contributed by atoms with van der Waals surface area (Å²) < 4.78 is 0. The van der Waals surface area contributed by atoms with Crippen LogP contribution < -0.4 is 16.1 Å². The number of nitrogens with one attached hydrogen (secondary N) is 3. The second-order valence-electron chi connectivity index (χ2n) is 5.83. The van der Waals surface area contributed by atoms with E-state index in [1.54, 1.807) is 17.6 Å². The summed E-state index contributed by atoms with van der Waals surface area (Å²) >= 11 is 0. The second kappa shape index (κ2) is 7.38. The van der Waals surface area contributed by atoms with E-state index < -0.39 is 11.8 Å². The van der Waals surface area contributed by atoms with E-state index in [9.17, 15) is 9.59 Å². The fourth-order valence-corrected chi connectivity index (χ4v) is 2.95. The van der Waals surface area contributed by atoms with Crippen molar-refractivity contribution < 1.29 is 14.8 Å². The highest BCUT2D eigenvalue weighted by atomic mass is 16.5. The Morgan fingerprint density at radius 3 is 2.45 bits per heavy atom. The lowest BCUT2D eigenvalue weighted by atomic mass is 9.81. The molecule has 0 saturated heterocycles. The van der Waals surface area contributed by atoms with Gasteiger partial charge in [-0.15, -0.1) is 0 Å². The topological polar surface area (TPSA) is 90.5 Å². The molecule has 6 nitrogen and oxygen atoms in total. The fraction of sp³-hybridized carbons (Fsp3) is 0.500. The number of hydrogen-bond acceptors (Lipinski definition) is 4. The van der Waals surface area contributed by atoms with Crippen LogP contribution in [0.2, 0.25) is 0 Å². The van der Waals surface area contributed by atoms with E-state index in [2.05, 4.69) is 10.6 Å². The van der Waals surface area contributed by atoms with Crippen LogP contribution in [-0.2, 0) is 4.79 Å². The van der Waals surface area contributed by atoms with Crippen molar-refractivity contribution >= 4 is 11.8 Å². The number of rotatable bonds is 4. The number of carbonyl (C=O) groups is 2. The number of benzene rings is 1. The predicted octanol–water partition coefficient (Wildman–Crippen LogP) is 0.987. The summed E-state index contributed by atoms with van der Waals surface area (Å²) in [7, 11) is 1.87. The normalized spacial score (nSPS) is 24.6. The minimum Gasteiger partial charge on any atom is -0.348 e. The van der Waals surface area contributed by atoms with E-state index in [1.165, 1.54) is 0 Å². The highest BCUT2D eigenvalue weighted by Crippen LogP contribution is 2.25. The summed E-state index contributed by atoms with van der Waals surface area (Å²) in [5.74, 6) is -1.05. The van der Waals surface area contributed by atoms with E-state index in [4.69, 9.17) is 5.21 Å². The van der Waals surface area contributed by atoms with Gasteiger partial charge in [0.2, 0.25) is 5.91 Å². The smallest absolute Gasteiger partial charge is 0.251 e. The summed E-state index contributed by atoms with van der Waals surface area (Å²) in [6.07, 6.45) is 2.12.